The van der Waals surface area contributed by atoms with Crippen LogP contribution in [0.4, 0.5) is 17.4 Å². The maximum atomic E-state index is 10.5. The predicted molar refractivity (Wildman–Crippen MR) is 57.6 cm³/mol. The number of anilines is 3. The number of aromatic nitrogens is 1. The van der Waals surface area contributed by atoms with Crippen LogP contribution in [0.15, 0.2) is 34.9 Å². The third kappa shape index (κ3) is 2.11. The van der Waals surface area contributed by atoms with Gasteiger partial charge in [0.2, 0.25) is 0 Å². The van der Waals surface area contributed by atoms with Crippen LogP contribution in [0, 0.1) is 0 Å². The number of nitrogens with one attached hydrogen (secondary N) is 1. The van der Waals surface area contributed by atoms with Crippen molar-refractivity contribution < 1.29 is 14.3 Å². The molecule has 0 spiro atoms. The van der Waals surface area contributed by atoms with Gasteiger partial charge in [-0.1, -0.05) is 0 Å². The first kappa shape index (κ1) is 10.0. The molecular formula is C10H9N3O3. The van der Waals surface area contributed by atoms with Crippen molar-refractivity contribution in [2.45, 2.75) is 0 Å². The molecule has 0 aliphatic rings. The summed E-state index contributed by atoms with van der Waals surface area (Å²) in [5, 5.41) is 11.4. The first-order chi connectivity index (χ1) is 7.65. The van der Waals surface area contributed by atoms with Crippen molar-refractivity contribution in [3.63, 3.8) is 0 Å². The molecule has 4 N–H and O–H groups in total. The van der Waals surface area contributed by atoms with Crippen LogP contribution < -0.4 is 11.1 Å². The van der Waals surface area contributed by atoms with E-state index in [1.54, 1.807) is 24.3 Å². The molecule has 1 aromatic heterocycles. The molecule has 0 fully saturated rings. The van der Waals surface area contributed by atoms with E-state index in [0.717, 1.165) is 6.26 Å². The minimum Gasteiger partial charge on any atom is -0.476 e. The van der Waals surface area contributed by atoms with Crippen LogP contribution in [0.1, 0.15) is 10.5 Å². The first-order valence-electron chi connectivity index (χ1n) is 4.46. The summed E-state index contributed by atoms with van der Waals surface area (Å²) >= 11 is 0. The number of nitrogens with zero attached hydrogens (tertiary/aromatic N) is 1. The normalized spacial score (nSPS) is 10.0. The van der Waals surface area contributed by atoms with Crippen LogP contribution in [0.2, 0.25) is 0 Å². The van der Waals surface area contributed by atoms with Crippen molar-refractivity contribution in [1.29, 1.82) is 0 Å². The summed E-state index contributed by atoms with van der Waals surface area (Å²) in [5.41, 5.74) is 6.74. The highest BCUT2D eigenvalue weighted by atomic mass is 16.4. The van der Waals surface area contributed by atoms with Crippen molar-refractivity contribution in [1.82, 2.24) is 4.98 Å². The van der Waals surface area contributed by atoms with Gasteiger partial charge >= 0.3 is 5.97 Å². The Hall–Kier alpha value is -2.50. The molecule has 0 amide bonds. The van der Waals surface area contributed by atoms with Gasteiger partial charge in [0.15, 0.2) is 5.69 Å². The van der Waals surface area contributed by atoms with E-state index in [4.69, 9.17) is 15.3 Å². The number of nitrogens with two attached hydrogens (primary N) is 1. The van der Waals surface area contributed by atoms with Crippen molar-refractivity contribution >= 4 is 23.4 Å². The minimum absolute atomic E-state index is 0.127. The van der Waals surface area contributed by atoms with E-state index < -0.39 is 5.97 Å². The monoisotopic (exact) mass is 219 g/mol. The second-order valence-electron chi connectivity index (χ2n) is 3.09. The molecule has 0 saturated heterocycles. The topological polar surface area (TPSA) is 101 Å². The Bertz CT molecular complexity index is 504. The lowest BCUT2D eigenvalue weighted by Crippen LogP contribution is -1.97. The zero-order valence-corrected chi connectivity index (χ0v) is 8.18. The summed E-state index contributed by atoms with van der Waals surface area (Å²) in [4.78, 5) is 14.3. The molecule has 1 aromatic carbocycles. The zero-order valence-electron chi connectivity index (χ0n) is 8.18. The molecule has 6 heteroatoms. The van der Waals surface area contributed by atoms with Gasteiger partial charge in [0.05, 0.1) is 0 Å². The van der Waals surface area contributed by atoms with Gasteiger partial charge in [0.1, 0.15) is 6.26 Å². The van der Waals surface area contributed by atoms with Gasteiger partial charge in [-0.25, -0.2) is 4.79 Å². The average molecular weight is 219 g/mol. The van der Waals surface area contributed by atoms with E-state index in [0.29, 0.717) is 11.4 Å². The molecule has 2 aromatic rings. The second-order valence-corrected chi connectivity index (χ2v) is 3.09. The van der Waals surface area contributed by atoms with E-state index in [9.17, 15) is 4.79 Å². The molecule has 0 aliphatic carbocycles. The fourth-order valence-corrected chi connectivity index (χ4v) is 1.12. The lowest BCUT2D eigenvalue weighted by molar-refractivity contribution is 0.0690. The third-order valence-electron chi connectivity index (χ3n) is 1.89. The molecule has 2 rings (SSSR count). The second kappa shape index (κ2) is 3.93. The Morgan fingerprint density at radius 1 is 1.38 bits per heavy atom. The highest BCUT2D eigenvalue weighted by Gasteiger charge is 2.09. The molecule has 0 bridgehead atoms. The van der Waals surface area contributed by atoms with Crippen LogP contribution in [-0.4, -0.2) is 16.1 Å². The fraction of sp³-hybridized carbons (Fsp3) is 0. The highest BCUT2D eigenvalue weighted by molar-refractivity contribution is 5.85. The van der Waals surface area contributed by atoms with E-state index in [2.05, 4.69) is 10.3 Å². The molecule has 0 aliphatic heterocycles. The van der Waals surface area contributed by atoms with Crippen molar-refractivity contribution in [3.05, 3.63) is 36.2 Å². The summed E-state index contributed by atoms with van der Waals surface area (Å²) in [6, 6.07) is 7.02. The Balaban J connectivity index is 2.14. The van der Waals surface area contributed by atoms with Crippen LogP contribution in [0.25, 0.3) is 0 Å². The van der Waals surface area contributed by atoms with Gasteiger partial charge < -0.3 is 20.6 Å². The van der Waals surface area contributed by atoms with E-state index in [-0.39, 0.29) is 11.7 Å². The van der Waals surface area contributed by atoms with Gasteiger partial charge in [0, 0.05) is 11.4 Å². The molecule has 0 unspecified atom stereocenters. The quantitative estimate of drug-likeness (QED) is 0.679. The van der Waals surface area contributed by atoms with Gasteiger partial charge in [-0.15, -0.1) is 0 Å². The maximum absolute atomic E-state index is 10.5. The van der Waals surface area contributed by atoms with E-state index >= 15 is 0 Å². The van der Waals surface area contributed by atoms with Gasteiger partial charge in [-0.05, 0) is 24.3 Å². The molecule has 0 radical (unpaired) electrons. The molecule has 6 nitrogen and oxygen atoms in total. The molecule has 16 heavy (non-hydrogen) atoms. The predicted octanol–water partition coefficient (Wildman–Crippen LogP) is 1.70. The number of oxazole rings is 1. The summed E-state index contributed by atoms with van der Waals surface area (Å²) in [6.45, 7) is 0. The highest BCUT2D eigenvalue weighted by Crippen LogP contribution is 2.17. The lowest BCUT2D eigenvalue weighted by Gasteiger charge is -2.00. The summed E-state index contributed by atoms with van der Waals surface area (Å²) in [7, 11) is 0. The number of carboxylic acids is 1. The number of hydrogen-bond acceptors (Lipinski definition) is 5. The van der Waals surface area contributed by atoms with Crippen LogP contribution in [0.5, 0.6) is 0 Å². The number of carboxylic acid groups (broad SMARTS) is 1. The molecule has 0 saturated carbocycles. The SMILES string of the molecule is Nc1ccc(Nc2nc(C(=O)O)co2)cc1. The molecular weight excluding hydrogens is 210 g/mol. The molecule has 0 atom stereocenters. The minimum atomic E-state index is -1.13. The van der Waals surface area contributed by atoms with Crippen molar-refractivity contribution in [2.75, 3.05) is 11.1 Å². The Labute approximate surface area is 90.7 Å². The van der Waals surface area contributed by atoms with Crippen molar-refractivity contribution in [3.8, 4) is 0 Å². The summed E-state index contributed by atoms with van der Waals surface area (Å²) in [6.07, 6.45) is 1.07. The number of aromatic carboxylic acids is 1. The largest absolute Gasteiger partial charge is 0.476 e. The molecule has 1 heterocycles. The fourth-order valence-electron chi connectivity index (χ4n) is 1.12. The Morgan fingerprint density at radius 3 is 2.62 bits per heavy atom. The zero-order chi connectivity index (χ0) is 11.5. The van der Waals surface area contributed by atoms with Crippen molar-refractivity contribution in [2.24, 2.45) is 0 Å². The first-order valence-corrected chi connectivity index (χ1v) is 4.46. The number of nitrogen functional groups attached to an aromatic ring is 1. The summed E-state index contributed by atoms with van der Waals surface area (Å²) in [5.74, 6) is -1.13. The van der Waals surface area contributed by atoms with Crippen LogP contribution >= 0.6 is 0 Å². The Morgan fingerprint density at radius 2 is 2.06 bits per heavy atom. The van der Waals surface area contributed by atoms with Crippen LogP contribution in [0.3, 0.4) is 0 Å². The van der Waals surface area contributed by atoms with E-state index in [1.165, 1.54) is 0 Å². The van der Waals surface area contributed by atoms with Crippen LogP contribution in [-0.2, 0) is 0 Å². The van der Waals surface area contributed by atoms with Gasteiger partial charge in [0.25, 0.3) is 6.01 Å². The number of carbonyl (C=O) groups is 1. The summed E-state index contributed by atoms with van der Waals surface area (Å²) < 4.78 is 4.93. The molecule has 82 valence electrons. The average Bonchev–Trinajstić information content (AvgIpc) is 2.70. The van der Waals surface area contributed by atoms with E-state index in [1.807, 2.05) is 0 Å². The third-order valence-corrected chi connectivity index (χ3v) is 1.89. The lowest BCUT2D eigenvalue weighted by atomic mass is 10.3. The smallest absolute Gasteiger partial charge is 0.357 e. The Kier molecular flexibility index (Phi) is 2.47. The standard InChI is InChI=1S/C10H9N3O3/c11-6-1-3-7(4-2-6)12-10-13-8(5-16-10)9(14)15/h1-5H,11H2,(H,12,13)(H,14,15). The maximum Gasteiger partial charge on any atom is 0.357 e. The number of hydrogen-bond donors (Lipinski definition) is 3. The number of rotatable bonds is 3. The number of benzene rings is 1. The van der Waals surface area contributed by atoms with Gasteiger partial charge in [-0.2, -0.15) is 4.98 Å². The van der Waals surface area contributed by atoms with Gasteiger partial charge in [-0.3, -0.25) is 0 Å².